The summed E-state index contributed by atoms with van der Waals surface area (Å²) in [7, 11) is 0. The molecule has 0 unspecified atom stereocenters. The molecule has 0 spiro atoms. The topological polar surface area (TPSA) is 29.1 Å². The van der Waals surface area contributed by atoms with Crippen LogP contribution in [0.5, 0.6) is 0 Å². The molecule has 0 saturated heterocycles. The van der Waals surface area contributed by atoms with Gasteiger partial charge in [0.05, 0.1) is 0 Å². The summed E-state index contributed by atoms with van der Waals surface area (Å²) in [6.07, 6.45) is 9.15. The van der Waals surface area contributed by atoms with Crippen molar-refractivity contribution in [1.82, 2.24) is 5.32 Å². The van der Waals surface area contributed by atoms with Crippen molar-refractivity contribution < 1.29 is 4.79 Å². The van der Waals surface area contributed by atoms with Crippen LogP contribution in [-0.2, 0) is 4.79 Å². The first kappa shape index (κ1) is 11.0. The number of nitrogens with one attached hydrogen (secondary N) is 1. The number of carbonyl (C=O) groups excluding carboxylic acids is 1. The van der Waals surface area contributed by atoms with Gasteiger partial charge >= 0.3 is 0 Å². The van der Waals surface area contributed by atoms with E-state index in [1.807, 2.05) is 19.1 Å². The van der Waals surface area contributed by atoms with Crippen LogP contribution in [0.3, 0.4) is 0 Å². The van der Waals surface area contributed by atoms with Crippen LogP contribution in [0, 0.1) is 0 Å². The van der Waals surface area contributed by atoms with E-state index >= 15 is 0 Å². The van der Waals surface area contributed by atoms with Crippen molar-refractivity contribution >= 4 is 5.91 Å². The predicted molar refractivity (Wildman–Crippen MR) is 51.9 cm³/mol. The third-order valence-corrected chi connectivity index (χ3v) is 1.38. The molecule has 0 aromatic rings. The molecule has 2 heteroatoms. The van der Waals surface area contributed by atoms with Gasteiger partial charge in [0.15, 0.2) is 0 Å². The lowest BCUT2D eigenvalue weighted by Crippen LogP contribution is -2.21. The number of allylic oxidation sites excluding steroid dienone is 3. The minimum absolute atomic E-state index is 0.0125. The number of rotatable bonds is 5. The maximum Gasteiger partial charge on any atom is 0.243 e. The zero-order chi connectivity index (χ0) is 9.23. The second-order valence-electron chi connectivity index (χ2n) is 2.53. The summed E-state index contributed by atoms with van der Waals surface area (Å²) in [6, 6.07) is 0. The first-order valence-electron chi connectivity index (χ1n) is 4.38. The zero-order valence-electron chi connectivity index (χ0n) is 7.84. The molecule has 0 atom stereocenters. The number of hydrogen-bond acceptors (Lipinski definition) is 1. The fourth-order valence-electron chi connectivity index (χ4n) is 0.701. The predicted octanol–water partition coefficient (Wildman–Crippen LogP) is 2.04. The Morgan fingerprint density at radius 3 is 2.75 bits per heavy atom. The molecule has 1 N–H and O–H groups in total. The highest BCUT2D eigenvalue weighted by Crippen LogP contribution is 1.83. The third-order valence-electron chi connectivity index (χ3n) is 1.38. The molecule has 0 heterocycles. The van der Waals surface area contributed by atoms with Gasteiger partial charge in [-0.25, -0.2) is 0 Å². The van der Waals surface area contributed by atoms with E-state index in [0.29, 0.717) is 0 Å². The smallest absolute Gasteiger partial charge is 0.243 e. The van der Waals surface area contributed by atoms with Gasteiger partial charge in [-0.3, -0.25) is 4.79 Å². The lowest BCUT2D eigenvalue weighted by atomic mass is 10.3. The quantitative estimate of drug-likeness (QED) is 0.379. The molecule has 0 saturated carbocycles. The van der Waals surface area contributed by atoms with E-state index in [1.165, 1.54) is 6.08 Å². The number of unbranched alkanes of at least 4 members (excludes halogenated alkanes) is 1. The third kappa shape index (κ3) is 7.06. The average molecular weight is 167 g/mol. The van der Waals surface area contributed by atoms with Gasteiger partial charge in [0, 0.05) is 12.6 Å². The van der Waals surface area contributed by atoms with Gasteiger partial charge in [0.1, 0.15) is 0 Å². The Bertz CT molecular complexity index is 171. The molecule has 0 aromatic carbocycles. The van der Waals surface area contributed by atoms with E-state index in [0.717, 1.165) is 19.4 Å². The van der Waals surface area contributed by atoms with Crippen molar-refractivity contribution in [2.24, 2.45) is 0 Å². The van der Waals surface area contributed by atoms with Crippen molar-refractivity contribution in [2.45, 2.75) is 26.7 Å². The SMILES string of the molecule is C/C=C/C=C\C(=O)NCCCC. The molecule has 0 fully saturated rings. The van der Waals surface area contributed by atoms with Crippen molar-refractivity contribution in [3.8, 4) is 0 Å². The fraction of sp³-hybridized carbons (Fsp3) is 0.500. The molecule has 0 aliphatic heterocycles. The van der Waals surface area contributed by atoms with Gasteiger partial charge in [-0.1, -0.05) is 31.6 Å². The Labute approximate surface area is 74.4 Å². The minimum atomic E-state index is -0.0125. The van der Waals surface area contributed by atoms with E-state index < -0.39 is 0 Å². The van der Waals surface area contributed by atoms with Gasteiger partial charge in [-0.05, 0) is 13.3 Å². The average Bonchev–Trinajstić information content (AvgIpc) is 2.06. The lowest BCUT2D eigenvalue weighted by molar-refractivity contribution is -0.116. The Hall–Kier alpha value is -1.05. The van der Waals surface area contributed by atoms with Crippen LogP contribution in [0.2, 0.25) is 0 Å². The number of hydrogen-bond donors (Lipinski definition) is 1. The molecular formula is C10H17NO. The summed E-state index contributed by atoms with van der Waals surface area (Å²) < 4.78 is 0. The first-order chi connectivity index (χ1) is 5.81. The van der Waals surface area contributed by atoms with Crippen LogP contribution in [0.15, 0.2) is 24.3 Å². The summed E-state index contributed by atoms with van der Waals surface area (Å²) >= 11 is 0. The van der Waals surface area contributed by atoms with Crippen molar-refractivity contribution in [2.75, 3.05) is 6.54 Å². The molecule has 0 radical (unpaired) electrons. The van der Waals surface area contributed by atoms with Crippen LogP contribution in [0.1, 0.15) is 26.7 Å². The highest BCUT2D eigenvalue weighted by Gasteiger charge is 1.90. The van der Waals surface area contributed by atoms with Gasteiger partial charge in [0.25, 0.3) is 0 Å². The van der Waals surface area contributed by atoms with Crippen LogP contribution < -0.4 is 5.32 Å². The highest BCUT2D eigenvalue weighted by atomic mass is 16.1. The molecular weight excluding hydrogens is 150 g/mol. The first-order valence-corrected chi connectivity index (χ1v) is 4.38. The molecule has 12 heavy (non-hydrogen) atoms. The Kier molecular flexibility index (Phi) is 7.35. The van der Waals surface area contributed by atoms with Crippen LogP contribution >= 0.6 is 0 Å². The number of amides is 1. The Morgan fingerprint density at radius 1 is 1.42 bits per heavy atom. The second kappa shape index (κ2) is 8.05. The number of carbonyl (C=O) groups is 1. The van der Waals surface area contributed by atoms with Gasteiger partial charge in [-0.2, -0.15) is 0 Å². The highest BCUT2D eigenvalue weighted by molar-refractivity contribution is 5.87. The van der Waals surface area contributed by atoms with Crippen molar-refractivity contribution in [3.63, 3.8) is 0 Å². The Balaban J connectivity index is 3.45. The standard InChI is InChI=1S/C10H17NO/c1-3-5-7-8-10(12)11-9-6-4-2/h3,5,7-8H,4,6,9H2,1-2H3,(H,11,12)/b5-3+,8-7-. The van der Waals surface area contributed by atoms with E-state index in [1.54, 1.807) is 6.08 Å². The maximum atomic E-state index is 11.0. The van der Waals surface area contributed by atoms with E-state index in [-0.39, 0.29) is 5.91 Å². The maximum absolute atomic E-state index is 11.0. The normalized spacial score (nSPS) is 11.2. The molecule has 1 amide bonds. The van der Waals surface area contributed by atoms with Crippen molar-refractivity contribution in [1.29, 1.82) is 0 Å². The molecule has 0 aliphatic carbocycles. The fourth-order valence-corrected chi connectivity index (χ4v) is 0.701. The summed E-state index contributed by atoms with van der Waals surface area (Å²) in [5, 5.41) is 2.78. The van der Waals surface area contributed by atoms with Gasteiger partial charge < -0.3 is 5.32 Å². The Morgan fingerprint density at radius 2 is 2.17 bits per heavy atom. The van der Waals surface area contributed by atoms with Crippen LogP contribution in [0.25, 0.3) is 0 Å². The van der Waals surface area contributed by atoms with E-state index in [4.69, 9.17) is 0 Å². The lowest BCUT2D eigenvalue weighted by Gasteiger charge is -1.97. The van der Waals surface area contributed by atoms with E-state index in [9.17, 15) is 4.79 Å². The van der Waals surface area contributed by atoms with E-state index in [2.05, 4.69) is 12.2 Å². The summed E-state index contributed by atoms with van der Waals surface area (Å²) in [6.45, 7) is 4.79. The summed E-state index contributed by atoms with van der Waals surface area (Å²) in [4.78, 5) is 11.0. The molecule has 2 nitrogen and oxygen atoms in total. The molecule has 0 aromatic heterocycles. The largest absolute Gasteiger partial charge is 0.353 e. The molecule has 68 valence electrons. The van der Waals surface area contributed by atoms with Crippen molar-refractivity contribution in [3.05, 3.63) is 24.3 Å². The molecule has 0 rings (SSSR count). The minimum Gasteiger partial charge on any atom is -0.353 e. The summed E-state index contributed by atoms with van der Waals surface area (Å²) in [5.74, 6) is -0.0125. The second-order valence-corrected chi connectivity index (χ2v) is 2.53. The van der Waals surface area contributed by atoms with Gasteiger partial charge in [0.2, 0.25) is 5.91 Å². The van der Waals surface area contributed by atoms with Gasteiger partial charge in [-0.15, -0.1) is 0 Å². The summed E-state index contributed by atoms with van der Waals surface area (Å²) in [5.41, 5.74) is 0. The monoisotopic (exact) mass is 167 g/mol. The zero-order valence-corrected chi connectivity index (χ0v) is 7.84. The molecule has 0 aliphatic rings. The van der Waals surface area contributed by atoms with Crippen LogP contribution in [0.4, 0.5) is 0 Å². The van der Waals surface area contributed by atoms with Crippen LogP contribution in [-0.4, -0.2) is 12.5 Å². The molecule has 0 bridgehead atoms.